The van der Waals surface area contributed by atoms with Gasteiger partial charge in [-0.1, -0.05) is 48.5 Å². The van der Waals surface area contributed by atoms with E-state index in [0.29, 0.717) is 46.0 Å². The van der Waals surface area contributed by atoms with Gasteiger partial charge >= 0.3 is 42.1 Å². The summed E-state index contributed by atoms with van der Waals surface area (Å²) in [5.41, 5.74) is 15.7. The second-order valence-corrected chi connectivity index (χ2v) is 20.0. The van der Waals surface area contributed by atoms with Gasteiger partial charge in [0.1, 0.15) is 0 Å². The van der Waals surface area contributed by atoms with Gasteiger partial charge in [0, 0.05) is 62.1 Å². The Labute approximate surface area is 475 Å². The van der Waals surface area contributed by atoms with E-state index >= 15 is 0 Å². The maximum absolute atomic E-state index is 7.26. The molecule has 374 valence electrons. The first kappa shape index (κ1) is 46.8. The Morgan fingerprint density at radius 1 is 0.321 bits per heavy atom. The minimum atomic E-state index is -0.505. The first-order chi connectivity index (χ1) is 37.3. The first-order valence-corrected chi connectivity index (χ1v) is 25.2. The molecule has 4 aromatic heterocycles. The third kappa shape index (κ3) is 6.44. The fourth-order valence-electron chi connectivity index (χ4n) is 12.2. The van der Waals surface area contributed by atoms with Crippen molar-refractivity contribution in [2.75, 3.05) is 0 Å². The molecule has 0 radical (unpaired) electrons. The summed E-state index contributed by atoms with van der Waals surface area (Å²) < 4.78 is 37.5. The Balaban J connectivity index is 0.00000264. The molecule has 78 heavy (non-hydrogen) atoms. The maximum Gasteiger partial charge on any atom is 2.00 e. The van der Waals surface area contributed by atoms with Crippen LogP contribution < -0.4 is 51.7 Å². The van der Waals surface area contributed by atoms with Crippen molar-refractivity contribution in [3.05, 3.63) is 170 Å². The number of aromatic nitrogens is 8. The van der Waals surface area contributed by atoms with Crippen molar-refractivity contribution >= 4 is 90.3 Å². The zero-order valence-corrected chi connectivity index (χ0v) is 46.4. The third-order valence-corrected chi connectivity index (χ3v) is 15.8. The van der Waals surface area contributed by atoms with Crippen molar-refractivity contribution in [3.8, 4) is 91.5 Å². The number of fused-ring (bicyclic) bond motifs is 14. The molecule has 0 atom stereocenters. The molecule has 12 nitrogen and oxygen atoms in total. The van der Waals surface area contributed by atoms with E-state index < -0.39 is 13.4 Å². The molecule has 17 rings (SSSR count). The average molecular weight is 1370 g/mol. The van der Waals surface area contributed by atoms with Gasteiger partial charge in [0.2, 0.25) is 13.4 Å². The van der Waals surface area contributed by atoms with Crippen LogP contribution in [0.4, 0.5) is 0 Å². The topological polar surface area (TPSA) is 108 Å². The number of benzene rings is 9. The van der Waals surface area contributed by atoms with Gasteiger partial charge in [-0.25, -0.2) is 0 Å². The smallest absolute Gasteiger partial charge is 0.499 e. The van der Waals surface area contributed by atoms with E-state index in [9.17, 15) is 0 Å². The van der Waals surface area contributed by atoms with Gasteiger partial charge in [0.15, 0.2) is 23.0 Å². The number of rotatable bonds is 4. The zero-order chi connectivity index (χ0) is 50.2. The summed E-state index contributed by atoms with van der Waals surface area (Å²) in [5, 5.41) is 0. The molecule has 0 amide bonds. The van der Waals surface area contributed by atoms with E-state index in [2.05, 4.69) is 66.8 Å². The fraction of sp³-hybridized carbons (Fsp3) is 0.0645. The molecule has 0 aliphatic carbocycles. The van der Waals surface area contributed by atoms with Gasteiger partial charge in [0.25, 0.3) is 0 Å². The van der Waals surface area contributed by atoms with Crippen LogP contribution in [0, 0.1) is 24.3 Å². The second kappa shape index (κ2) is 17.0. The predicted octanol–water partition coefficient (Wildman–Crippen LogP) is 8.55. The monoisotopic (exact) mass is 1370 g/mol. The number of aryl methyl sites for hydroxylation is 4. The quantitative estimate of drug-likeness (QED) is 0.128. The molecule has 0 N–H and O–H groups in total. The summed E-state index contributed by atoms with van der Waals surface area (Å²) in [6.07, 6.45) is 0. The van der Waals surface area contributed by atoms with Crippen LogP contribution >= 0.6 is 0 Å². The maximum atomic E-state index is 7.26. The third-order valence-electron chi connectivity index (χ3n) is 15.8. The largest absolute Gasteiger partial charge is 2.00 e. The number of ether oxygens (including phenoxy) is 4. The van der Waals surface area contributed by atoms with E-state index in [-0.39, 0.29) is 42.1 Å². The first-order valence-electron chi connectivity index (χ1n) is 25.2. The summed E-state index contributed by atoms with van der Waals surface area (Å²) in [7, 11) is 8.16. The Morgan fingerprint density at radius 2 is 0.551 bits per heavy atom. The van der Waals surface area contributed by atoms with Crippen LogP contribution in [-0.2, 0) is 70.3 Å². The number of imidazole rings is 4. The minimum Gasteiger partial charge on any atom is -0.499 e. The molecule has 0 saturated carbocycles. The molecule has 8 heterocycles. The van der Waals surface area contributed by atoms with Crippen LogP contribution in [0.3, 0.4) is 0 Å². The van der Waals surface area contributed by atoms with Gasteiger partial charge in [-0.15, -0.1) is 117 Å². The van der Waals surface area contributed by atoms with Crippen molar-refractivity contribution in [2.24, 2.45) is 28.2 Å². The van der Waals surface area contributed by atoms with Gasteiger partial charge in [-0.2, -0.15) is 0 Å². The van der Waals surface area contributed by atoms with Crippen molar-refractivity contribution in [3.63, 3.8) is 0 Å². The average Bonchev–Trinajstić information content (AvgIpc) is 3.71. The van der Waals surface area contributed by atoms with Gasteiger partial charge in [-0.05, 0) is 48.5 Å². The molecule has 4 aliphatic rings. The van der Waals surface area contributed by atoms with Crippen LogP contribution in [0.25, 0.3) is 89.7 Å². The minimum absolute atomic E-state index is 0. The van der Waals surface area contributed by atoms with Gasteiger partial charge < -0.3 is 37.2 Å². The molecule has 0 fully saturated rings. The van der Waals surface area contributed by atoms with Crippen molar-refractivity contribution < 1.29 is 61.1 Å². The number of hydrogen-bond donors (Lipinski definition) is 0. The summed E-state index contributed by atoms with van der Waals surface area (Å²) >= 11 is 0. The van der Waals surface area contributed by atoms with Crippen molar-refractivity contribution in [1.29, 1.82) is 0 Å². The van der Waals surface area contributed by atoms with Gasteiger partial charge in [-0.3, -0.25) is 19.9 Å². The Bertz CT molecular complexity index is 4180. The molecule has 0 spiro atoms. The normalized spacial score (nSPS) is 13.0. The van der Waals surface area contributed by atoms with Crippen molar-refractivity contribution in [2.45, 2.75) is 0 Å². The molecule has 16 heteroatoms. The second-order valence-electron chi connectivity index (χ2n) is 20.0. The summed E-state index contributed by atoms with van der Waals surface area (Å²) in [6, 6.07) is 64.2. The van der Waals surface area contributed by atoms with Gasteiger partial charge in [0.05, 0.1) is 67.4 Å². The molecule has 13 aromatic rings. The van der Waals surface area contributed by atoms with E-state index in [1.807, 2.05) is 150 Å². The molecule has 4 aliphatic heterocycles. The van der Waals surface area contributed by atoms with E-state index in [4.69, 9.17) is 38.9 Å². The number of para-hydroxylation sites is 8. The molecule has 0 unspecified atom stereocenters. The molecule has 0 saturated heterocycles. The molecular formula is C62H36B2N8O4Pt2. The van der Waals surface area contributed by atoms with Crippen LogP contribution in [0.5, 0.6) is 46.0 Å². The standard InChI is InChI=1S/C62H36B2N8O4.2Pt/c1-69-45-17-9-5-13-41(45)65-59(69)33-21-25-49-37(29-33)63-38-30-34(60-66-42-14-6-10-18-46(42)70(60)2)22-26-50(38)74-56-53(63)55(73-49)57-54-58(56)76-52-28-24-36(62-68-44-16-8-12-20-48(44)72(62)4)32-40(52)64(54)39-31-35(23-27-51(39)75-57)61-67-43-15-7-11-19-47(43)71(61)3;;/h5-28H,1-4H3;;/q-4;2*+2. The summed E-state index contributed by atoms with van der Waals surface area (Å²) in [4.78, 5) is 20.4. The Morgan fingerprint density at radius 3 is 0.782 bits per heavy atom. The summed E-state index contributed by atoms with van der Waals surface area (Å²) in [5.74, 6) is 7.73. The van der Waals surface area contributed by atoms with Crippen molar-refractivity contribution in [1.82, 2.24) is 38.2 Å². The SMILES string of the molecule is Cn1c(-c2[c-]c3c(cc2)Oc2c4c5c(c6c2B3c2[c-]c(-c3nc7ccccc7n3C)ccc2O6)Oc2ccc(-c3nc6ccccc6n3C)[c-]c2B5c2[c-]c(-c3nc5ccccc5n3C)ccc2O4)nc2ccccc21.[Pt+2].[Pt+2]. The Kier molecular flexibility index (Phi) is 10.2. The molecular weight excluding hydrogens is 1330 g/mol. The van der Waals surface area contributed by atoms with Crippen LogP contribution in [0.1, 0.15) is 0 Å². The number of nitrogens with zero attached hydrogens (tertiary/aromatic N) is 8. The molecule has 0 bridgehead atoms. The predicted molar refractivity (Wildman–Crippen MR) is 296 cm³/mol. The fourth-order valence-corrected chi connectivity index (χ4v) is 12.2. The Hall–Kier alpha value is -8.43. The van der Waals surface area contributed by atoms with Crippen LogP contribution in [0.2, 0.25) is 0 Å². The molecule has 9 aromatic carbocycles. The summed E-state index contributed by atoms with van der Waals surface area (Å²) in [6.45, 7) is -1.01. The van der Waals surface area contributed by atoms with E-state index in [0.717, 1.165) is 122 Å². The van der Waals surface area contributed by atoms with Crippen LogP contribution in [-0.4, -0.2) is 51.6 Å². The zero-order valence-electron chi connectivity index (χ0n) is 41.9. The van der Waals surface area contributed by atoms with Crippen LogP contribution in [0.15, 0.2) is 146 Å². The number of hydrogen-bond acceptors (Lipinski definition) is 8. The van der Waals surface area contributed by atoms with E-state index in [1.165, 1.54) is 0 Å². The van der Waals surface area contributed by atoms with E-state index in [1.54, 1.807) is 0 Å².